The summed E-state index contributed by atoms with van der Waals surface area (Å²) in [6, 6.07) is 3.86. The minimum atomic E-state index is 0.0937. The molecule has 1 rings (SSSR count). The summed E-state index contributed by atoms with van der Waals surface area (Å²) in [7, 11) is 8.79. The lowest BCUT2D eigenvalue weighted by Gasteiger charge is -2.21. The highest BCUT2D eigenvalue weighted by atomic mass is 79.9. The quantitative estimate of drug-likeness (QED) is 0.618. The van der Waals surface area contributed by atoms with Crippen molar-refractivity contribution in [3.63, 3.8) is 0 Å². The van der Waals surface area contributed by atoms with E-state index in [4.69, 9.17) is 14.2 Å². The van der Waals surface area contributed by atoms with Gasteiger partial charge in [-0.2, -0.15) is 0 Å². The van der Waals surface area contributed by atoms with Gasteiger partial charge in [0.1, 0.15) is 0 Å². The van der Waals surface area contributed by atoms with Gasteiger partial charge >= 0.3 is 0 Å². The van der Waals surface area contributed by atoms with E-state index in [0.29, 0.717) is 17.2 Å². The number of hydrogen-bond acceptors (Lipinski definition) is 4. The van der Waals surface area contributed by atoms with Crippen molar-refractivity contribution in [2.45, 2.75) is 4.95 Å². The van der Waals surface area contributed by atoms with Crippen molar-refractivity contribution in [1.29, 1.82) is 0 Å². The summed E-state index contributed by atoms with van der Waals surface area (Å²) in [5, 5.41) is 0. The monoisotopic (exact) mass is 303 g/mol. The number of benzene rings is 1. The Hall–Kier alpha value is -0.940. The van der Waals surface area contributed by atoms with Crippen LogP contribution in [-0.2, 0) is 0 Å². The Bertz CT molecular complexity index is 357. The molecule has 1 aromatic carbocycles. The number of halogens is 1. The zero-order chi connectivity index (χ0) is 13.0. The highest BCUT2D eigenvalue weighted by Crippen LogP contribution is 2.41. The van der Waals surface area contributed by atoms with Crippen LogP contribution < -0.4 is 14.2 Å². The molecule has 4 nitrogen and oxygen atoms in total. The first-order chi connectivity index (χ1) is 8.04. The molecule has 0 amide bonds. The summed E-state index contributed by atoms with van der Waals surface area (Å²) in [5.74, 6) is 1.93. The fourth-order valence-corrected chi connectivity index (χ4v) is 1.80. The molecule has 0 radical (unpaired) electrons. The fourth-order valence-electron chi connectivity index (χ4n) is 1.54. The molecule has 1 unspecified atom stereocenters. The predicted octanol–water partition coefficient (Wildman–Crippen LogP) is 2.67. The Morgan fingerprint density at radius 2 is 1.47 bits per heavy atom. The number of hydrogen-bond donors (Lipinski definition) is 0. The van der Waals surface area contributed by atoms with Crippen LogP contribution in [0.4, 0.5) is 0 Å². The minimum Gasteiger partial charge on any atom is -0.493 e. The first kappa shape index (κ1) is 14.1. The first-order valence-corrected chi connectivity index (χ1v) is 6.07. The fraction of sp³-hybridized carbons (Fsp3) is 0.500. The van der Waals surface area contributed by atoms with Crippen LogP contribution in [-0.4, -0.2) is 40.3 Å². The second-order valence-corrected chi connectivity index (χ2v) is 4.63. The average molecular weight is 304 g/mol. The van der Waals surface area contributed by atoms with E-state index >= 15 is 0 Å². The normalized spacial score (nSPS) is 12.4. The average Bonchev–Trinajstić information content (AvgIpc) is 2.35. The minimum absolute atomic E-state index is 0.0937. The van der Waals surface area contributed by atoms with E-state index < -0.39 is 0 Å². The Balaban J connectivity index is 3.27. The molecule has 0 aliphatic carbocycles. The van der Waals surface area contributed by atoms with Gasteiger partial charge in [-0.1, -0.05) is 15.9 Å². The van der Waals surface area contributed by atoms with E-state index in [-0.39, 0.29) is 4.95 Å². The molecule has 0 saturated carbocycles. The van der Waals surface area contributed by atoms with Gasteiger partial charge in [0.2, 0.25) is 5.75 Å². The Morgan fingerprint density at radius 1 is 1.00 bits per heavy atom. The van der Waals surface area contributed by atoms with Crippen molar-refractivity contribution < 1.29 is 14.2 Å². The molecule has 0 saturated heterocycles. The van der Waals surface area contributed by atoms with Crippen LogP contribution in [0.5, 0.6) is 17.2 Å². The van der Waals surface area contributed by atoms with Crippen LogP contribution in [0, 0.1) is 0 Å². The summed E-state index contributed by atoms with van der Waals surface area (Å²) in [6.45, 7) is 0. The molecule has 1 atom stereocenters. The zero-order valence-corrected chi connectivity index (χ0v) is 12.4. The van der Waals surface area contributed by atoms with Crippen molar-refractivity contribution in [3.05, 3.63) is 17.7 Å². The number of ether oxygens (including phenoxy) is 3. The number of methoxy groups -OCH3 is 3. The molecule has 96 valence electrons. The van der Waals surface area contributed by atoms with Crippen LogP contribution in [0.25, 0.3) is 0 Å². The van der Waals surface area contributed by atoms with Gasteiger partial charge < -0.3 is 14.2 Å². The largest absolute Gasteiger partial charge is 0.493 e. The number of nitrogens with zero attached hydrogens (tertiary/aromatic N) is 1. The second kappa shape index (κ2) is 6.12. The first-order valence-electron chi connectivity index (χ1n) is 5.15. The molecule has 17 heavy (non-hydrogen) atoms. The molecule has 0 aliphatic rings. The smallest absolute Gasteiger partial charge is 0.203 e. The van der Waals surface area contributed by atoms with E-state index in [9.17, 15) is 0 Å². The topological polar surface area (TPSA) is 30.9 Å². The lowest BCUT2D eigenvalue weighted by Crippen LogP contribution is -2.14. The third-order valence-electron chi connectivity index (χ3n) is 2.42. The summed E-state index contributed by atoms with van der Waals surface area (Å²) in [4.78, 5) is 2.14. The third kappa shape index (κ3) is 3.04. The number of rotatable bonds is 5. The van der Waals surface area contributed by atoms with Crippen LogP contribution in [0.1, 0.15) is 10.5 Å². The number of alkyl halides is 1. The molecular formula is C12H18BrNO3. The SMILES string of the molecule is COc1cc(C(Br)N(C)C)cc(OC)c1OC. The molecular weight excluding hydrogens is 286 g/mol. The molecule has 0 spiro atoms. The summed E-state index contributed by atoms with van der Waals surface area (Å²) in [5.41, 5.74) is 1.05. The van der Waals surface area contributed by atoms with Crippen molar-refractivity contribution in [1.82, 2.24) is 4.90 Å². The van der Waals surface area contributed by atoms with Crippen molar-refractivity contribution in [2.75, 3.05) is 35.4 Å². The summed E-state index contributed by atoms with van der Waals surface area (Å²) >= 11 is 3.60. The lowest BCUT2D eigenvalue weighted by molar-refractivity contribution is 0.321. The Morgan fingerprint density at radius 3 is 1.76 bits per heavy atom. The summed E-state index contributed by atoms with van der Waals surface area (Å²) in [6.07, 6.45) is 0. The van der Waals surface area contributed by atoms with Gasteiger partial charge in [0.15, 0.2) is 11.5 Å². The highest BCUT2D eigenvalue weighted by Gasteiger charge is 2.18. The molecule has 0 N–H and O–H groups in total. The van der Waals surface area contributed by atoms with Crippen LogP contribution in [0.2, 0.25) is 0 Å². The zero-order valence-electron chi connectivity index (χ0n) is 10.8. The molecule has 1 aromatic rings. The standard InChI is InChI=1S/C12H18BrNO3/c1-14(2)12(13)8-6-9(15-3)11(17-5)10(7-8)16-4/h6-7,12H,1-5H3. The van der Waals surface area contributed by atoms with Crippen molar-refractivity contribution in [2.24, 2.45) is 0 Å². The molecule has 0 fully saturated rings. The highest BCUT2D eigenvalue weighted by molar-refractivity contribution is 9.09. The van der Waals surface area contributed by atoms with Gasteiger partial charge in [0.25, 0.3) is 0 Å². The van der Waals surface area contributed by atoms with E-state index in [0.717, 1.165) is 5.56 Å². The Labute approximate surface area is 111 Å². The van der Waals surface area contributed by atoms with E-state index in [1.54, 1.807) is 21.3 Å². The van der Waals surface area contributed by atoms with Crippen LogP contribution >= 0.6 is 15.9 Å². The molecule has 0 bridgehead atoms. The maximum atomic E-state index is 5.30. The van der Waals surface area contributed by atoms with E-state index in [1.807, 2.05) is 31.1 Å². The Kier molecular flexibility index (Phi) is 5.08. The van der Waals surface area contributed by atoms with Crippen molar-refractivity contribution in [3.8, 4) is 17.2 Å². The molecule has 0 aliphatic heterocycles. The second-order valence-electron chi connectivity index (χ2n) is 3.76. The van der Waals surface area contributed by atoms with E-state index in [1.165, 1.54) is 0 Å². The van der Waals surface area contributed by atoms with Gasteiger partial charge in [-0.15, -0.1) is 0 Å². The van der Waals surface area contributed by atoms with Crippen LogP contribution in [0.15, 0.2) is 12.1 Å². The molecule has 0 aromatic heterocycles. The van der Waals surface area contributed by atoms with E-state index in [2.05, 4.69) is 15.9 Å². The molecule has 0 heterocycles. The van der Waals surface area contributed by atoms with Gasteiger partial charge in [0.05, 0.1) is 26.3 Å². The maximum absolute atomic E-state index is 5.30. The molecule has 5 heteroatoms. The lowest BCUT2D eigenvalue weighted by atomic mass is 10.1. The van der Waals surface area contributed by atoms with Gasteiger partial charge in [0, 0.05) is 0 Å². The van der Waals surface area contributed by atoms with Crippen molar-refractivity contribution >= 4 is 15.9 Å². The van der Waals surface area contributed by atoms with Gasteiger partial charge in [-0.25, -0.2) is 0 Å². The van der Waals surface area contributed by atoms with Gasteiger partial charge in [-0.05, 0) is 31.8 Å². The summed E-state index contributed by atoms with van der Waals surface area (Å²) < 4.78 is 15.9. The predicted molar refractivity (Wildman–Crippen MR) is 71.5 cm³/mol. The van der Waals surface area contributed by atoms with Crippen LogP contribution in [0.3, 0.4) is 0 Å². The third-order valence-corrected chi connectivity index (χ3v) is 3.76. The maximum Gasteiger partial charge on any atom is 0.203 e. The van der Waals surface area contributed by atoms with Gasteiger partial charge in [-0.3, -0.25) is 4.90 Å².